The van der Waals surface area contributed by atoms with E-state index in [9.17, 15) is 5.11 Å². The second-order valence-electron chi connectivity index (χ2n) is 6.93. The third-order valence-electron chi connectivity index (χ3n) is 5.69. The molecule has 4 unspecified atom stereocenters. The number of halogens is 1. The summed E-state index contributed by atoms with van der Waals surface area (Å²) in [4.78, 5) is 0. The molecule has 0 saturated heterocycles. The van der Waals surface area contributed by atoms with Gasteiger partial charge in [0.05, 0.1) is 0 Å². The van der Waals surface area contributed by atoms with Crippen LogP contribution in [0.1, 0.15) is 32.3 Å². The molecule has 0 aliphatic heterocycles. The van der Waals surface area contributed by atoms with Gasteiger partial charge in [-0.3, -0.25) is 0 Å². The standard InChI is InChI=1S/C17H25NO.ClH/c1-17(2)14-8-13(11-19)16(15(17)9-14)18-10-12-6-4-3-5-7-12;/h3-7,13-16,18-19H,8-11H2,1-2H3;1H. The summed E-state index contributed by atoms with van der Waals surface area (Å²) >= 11 is 0. The largest absolute Gasteiger partial charge is 0.396 e. The molecule has 3 fully saturated rings. The molecular formula is C17H26ClNO. The van der Waals surface area contributed by atoms with Gasteiger partial charge in [-0.15, -0.1) is 12.4 Å². The summed E-state index contributed by atoms with van der Waals surface area (Å²) in [7, 11) is 0. The molecule has 2 bridgehead atoms. The number of rotatable bonds is 4. The number of fused-ring (bicyclic) bond motifs is 2. The third-order valence-corrected chi connectivity index (χ3v) is 5.69. The Labute approximate surface area is 128 Å². The molecule has 0 spiro atoms. The lowest BCUT2D eigenvalue weighted by Gasteiger charge is -2.62. The van der Waals surface area contributed by atoms with Crippen molar-refractivity contribution < 1.29 is 5.11 Å². The van der Waals surface area contributed by atoms with Crippen molar-refractivity contribution in [1.29, 1.82) is 0 Å². The first-order chi connectivity index (χ1) is 9.13. The van der Waals surface area contributed by atoms with Gasteiger partial charge in [-0.2, -0.15) is 0 Å². The van der Waals surface area contributed by atoms with Gasteiger partial charge in [-0.25, -0.2) is 0 Å². The van der Waals surface area contributed by atoms with Crippen LogP contribution >= 0.6 is 12.4 Å². The molecule has 0 amide bonds. The molecular weight excluding hydrogens is 270 g/mol. The van der Waals surface area contributed by atoms with Crippen LogP contribution in [0.25, 0.3) is 0 Å². The topological polar surface area (TPSA) is 32.3 Å². The Morgan fingerprint density at radius 2 is 1.90 bits per heavy atom. The predicted molar refractivity (Wildman–Crippen MR) is 84.9 cm³/mol. The highest BCUT2D eigenvalue weighted by Gasteiger charge is 2.57. The van der Waals surface area contributed by atoms with Crippen LogP contribution in [0.5, 0.6) is 0 Å². The summed E-state index contributed by atoms with van der Waals surface area (Å²) in [5, 5.41) is 13.3. The van der Waals surface area contributed by atoms with E-state index in [1.165, 1.54) is 18.4 Å². The number of aliphatic hydroxyl groups excluding tert-OH is 1. The van der Waals surface area contributed by atoms with E-state index in [2.05, 4.69) is 49.5 Å². The maximum absolute atomic E-state index is 9.63. The molecule has 3 aliphatic carbocycles. The van der Waals surface area contributed by atoms with Crippen molar-refractivity contribution in [2.45, 2.75) is 39.3 Å². The number of aliphatic hydroxyl groups is 1. The van der Waals surface area contributed by atoms with Crippen molar-refractivity contribution in [3.05, 3.63) is 35.9 Å². The summed E-state index contributed by atoms with van der Waals surface area (Å²) in [6.45, 7) is 6.04. The Morgan fingerprint density at radius 1 is 1.20 bits per heavy atom. The molecule has 0 aromatic heterocycles. The lowest BCUT2D eigenvalue weighted by molar-refractivity contribution is -0.123. The first-order valence-electron chi connectivity index (χ1n) is 7.51. The van der Waals surface area contributed by atoms with E-state index in [0.717, 1.165) is 18.4 Å². The Bertz CT molecular complexity index is 434. The van der Waals surface area contributed by atoms with Crippen LogP contribution in [0.3, 0.4) is 0 Å². The molecule has 2 nitrogen and oxygen atoms in total. The highest BCUT2D eigenvalue weighted by atomic mass is 35.5. The van der Waals surface area contributed by atoms with Crippen molar-refractivity contribution in [1.82, 2.24) is 5.32 Å². The molecule has 0 heterocycles. The van der Waals surface area contributed by atoms with Crippen LogP contribution in [-0.4, -0.2) is 17.8 Å². The van der Waals surface area contributed by atoms with E-state index in [1.54, 1.807) is 0 Å². The first-order valence-corrected chi connectivity index (χ1v) is 7.51. The van der Waals surface area contributed by atoms with Crippen LogP contribution < -0.4 is 5.32 Å². The quantitative estimate of drug-likeness (QED) is 0.894. The highest BCUT2D eigenvalue weighted by molar-refractivity contribution is 5.85. The molecule has 3 heteroatoms. The fraction of sp³-hybridized carbons (Fsp3) is 0.647. The molecule has 3 aliphatic rings. The molecule has 1 aromatic carbocycles. The smallest absolute Gasteiger partial charge is 0.0474 e. The number of benzene rings is 1. The molecule has 4 atom stereocenters. The average Bonchev–Trinajstić information content (AvgIpc) is 2.45. The first kappa shape index (κ1) is 15.8. The Balaban J connectivity index is 0.00000147. The van der Waals surface area contributed by atoms with Crippen molar-refractivity contribution >= 4 is 12.4 Å². The van der Waals surface area contributed by atoms with Crippen molar-refractivity contribution in [3.8, 4) is 0 Å². The zero-order chi connectivity index (χ0) is 13.5. The van der Waals surface area contributed by atoms with Gasteiger partial charge in [-0.05, 0) is 41.6 Å². The zero-order valence-electron chi connectivity index (χ0n) is 12.4. The van der Waals surface area contributed by atoms with Crippen molar-refractivity contribution in [2.75, 3.05) is 6.61 Å². The van der Waals surface area contributed by atoms with Gasteiger partial charge in [0.1, 0.15) is 0 Å². The third kappa shape index (κ3) is 2.61. The molecule has 0 radical (unpaired) electrons. The lowest BCUT2D eigenvalue weighted by Crippen LogP contribution is -2.63. The Morgan fingerprint density at radius 3 is 2.50 bits per heavy atom. The maximum Gasteiger partial charge on any atom is 0.0474 e. The van der Waals surface area contributed by atoms with Crippen LogP contribution in [0.15, 0.2) is 30.3 Å². The van der Waals surface area contributed by atoms with Crippen molar-refractivity contribution in [3.63, 3.8) is 0 Å². The minimum Gasteiger partial charge on any atom is -0.396 e. The van der Waals surface area contributed by atoms with E-state index in [1.807, 2.05) is 0 Å². The van der Waals surface area contributed by atoms with E-state index in [4.69, 9.17) is 0 Å². The van der Waals surface area contributed by atoms with E-state index >= 15 is 0 Å². The maximum atomic E-state index is 9.63. The van der Waals surface area contributed by atoms with Gasteiger partial charge >= 0.3 is 0 Å². The zero-order valence-corrected chi connectivity index (χ0v) is 13.2. The van der Waals surface area contributed by atoms with Crippen LogP contribution in [-0.2, 0) is 6.54 Å². The van der Waals surface area contributed by atoms with Gasteiger partial charge in [0.15, 0.2) is 0 Å². The SMILES string of the molecule is CC1(C)C2CC(CO)C(NCc3ccccc3)C1C2.Cl. The second-order valence-corrected chi connectivity index (χ2v) is 6.93. The van der Waals surface area contributed by atoms with Crippen molar-refractivity contribution in [2.24, 2.45) is 23.2 Å². The predicted octanol–water partition coefficient (Wildman–Crippen LogP) is 3.24. The molecule has 112 valence electrons. The average molecular weight is 296 g/mol. The molecule has 4 rings (SSSR count). The summed E-state index contributed by atoms with van der Waals surface area (Å²) < 4.78 is 0. The number of nitrogens with one attached hydrogen (secondary N) is 1. The molecule has 2 N–H and O–H groups in total. The normalized spacial score (nSPS) is 34.0. The minimum atomic E-state index is 0. The molecule has 3 saturated carbocycles. The van der Waals surface area contributed by atoms with Gasteiger partial charge in [0.2, 0.25) is 0 Å². The Hall–Kier alpha value is -0.570. The highest BCUT2D eigenvalue weighted by Crippen LogP contribution is 2.60. The molecule has 20 heavy (non-hydrogen) atoms. The van der Waals surface area contributed by atoms with Gasteiger partial charge < -0.3 is 10.4 Å². The molecule has 1 aromatic rings. The Kier molecular flexibility index (Phi) is 4.78. The van der Waals surface area contributed by atoms with Gasteiger partial charge in [0, 0.05) is 19.2 Å². The summed E-state index contributed by atoms with van der Waals surface area (Å²) in [5.74, 6) is 2.00. The van der Waals surface area contributed by atoms with Crippen LogP contribution in [0.2, 0.25) is 0 Å². The summed E-state index contributed by atoms with van der Waals surface area (Å²) in [6.07, 6.45) is 2.53. The van der Waals surface area contributed by atoms with E-state index < -0.39 is 0 Å². The fourth-order valence-corrected chi connectivity index (χ4v) is 4.23. The minimum absolute atomic E-state index is 0. The lowest BCUT2D eigenvalue weighted by atomic mass is 9.45. The van der Waals surface area contributed by atoms with E-state index in [-0.39, 0.29) is 12.4 Å². The monoisotopic (exact) mass is 295 g/mol. The fourth-order valence-electron chi connectivity index (χ4n) is 4.23. The number of hydrogen-bond acceptors (Lipinski definition) is 2. The number of hydrogen-bond donors (Lipinski definition) is 2. The van der Waals surface area contributed by atoms with Crippen LogP contribution in [0, 0.1) is 23.2 Å². The van der Waals surface area contributed by atoms with E-state index in [0.29, 0.717) is 24.0 Å². The summed E-state index contributed by atoms with van der Waals surface area (Å²) in [6, 6.07) is 11.0. The van der Waals surface area contributed by atoms with Gasteiger partial charge in [-0.1, -0.05) is 44.2 Å². The summed E-state index contributed by atoms with van der Waals surface area (Å²) in [5.41, 5.74) is 1.79. The van der Waals surface area contributed by atoms with Gasteiger partial charge in [0.25, 0.3) is 0 Å². The second kappa shape index (κ2) is 6.05. The van der Waals surface area contributed by atoms with Crippen LogP contribution in [0.4, 0.5) is 0 Å².